The van der Waals surface area contributed by atoms with Gasteiger partial charge >= 0.3 is 0 Å². The molecule has 1 amide bonds. The minimum atomic E-state index is -0.432. The summed E-state index contributed by atoms with van der Waals surface area (Å²) in [6.07, 6.45) is 7.40. The van der Waals surface area contributed by atoms with Crippen molar-refractivity contribution in [1.29, 1.82) is 0 Å². The number of amides is 1. The molecule has 1 aromatic heterocycles. The van der Waals surface area contributed by atoms with Crippen LogP contribution < -0.4 is 15.5 Å². The van der Waals surface area contributed by atoms with Crippen LogP contribution in [0.15, 0.2) is 30.7 Å². The van der Waals surface area contributed by atoms with E-state index >= 15 is 0 Å². The molecule has 3 rings (SSSR count). The monoisotopic (exact) mass is 341 g/mol. The Hall–Kier alpha value is -2.34. The average Bonchev–Trinajstić information content (AvgIpc) is 3.28. The normalized spacial score (nSPS) is 14.4. The number of unbranched alkanes of at least 4 members (excludes halogenated alkanes) is 1. The number of nitrogens with one attached hydrogen (secondary N) is 1. The number of carbonyl (C=O) groups excluding carboxylic acids is 1. The van der Waals surface area contributed by atoms with Crippen LogP contribution in [0, 0.1) is 0 Å². The maximum absolute atomic E-state index is 12.6. The molecule has 1 aromatic carbocycles. The lowest BCUT2D eigenvalue weighted by Gasteiger charge is -2.24. The van der Waals surface area contributed by atoms with Crippen molar-refractivity contribution < 1.29 is 4.79 Å². The molecule has 0 spiro atoms. The smallest absolute Gasteiger partial charge is 0.243 e. The number of imidazole rings is 1. The SMILES string of the molecule is CCCC[C@H](N)C(=O)N(C)c1ccc2c(c1)N(Cc1c[nH]cn1)CC2. The fraction of sp³-hybridized carbons (Fsp3) is 0.474. The molecule has 0 bridgehead atoms. The topological polar surface area (TPSA) is 78.3 Å². The Morgan fingerprint density at radius 2 is 2.32 bits per heavy atom. The predicted molar refractivity (Wildman–Crippen MR) is 101 cm³/mol. The number of nitrogens with zero attached hydrogens (tertiary/aromatic N) is 3. The van der Waals surface area contributed by atoms with Crippen LogP contribution in [0.25, 0.3) is 0 Å². The van der Waals surface area contributed by atoms with Gasteiger partial charge in [0.25, 0.3) is 0 Å². The van der Waals surface area contributed by atoms with Gasteiger partial charge in [0.2, 0.25) is 5.91 Å². The van der Waals surface area contributed by atoms with Crippen LogP contribution in [0.4, 0.5) is 11.4 Å². The maximum Gasteiger partial charge on any atom is 0.243 e. The van der Waals surface area contributed by atoms with Crippen LogP contribution in [-0.4, -0.2) is 35.5 Å². The van der Waals surface area contributed by atoms with Crippen molar-refractivity contribution in [1.82, 2.24) is 9.97 Å². The number of carbonyl (C=O) groups is 1. The van der Waals surface area contributed by atoms with Gasteiger partial charge in [-0.15, -0.1) is 0 Å². The molecule has 0 fully saturated rings. The highest BCUT2D eigenvalue weighted by molar-refractivity contribution is 5.97. The highest BCUT2D eigenvalue weighted by Gasteiger charge is 2.23. The number of fused-ring (bicyclic) bond motifs is 1. The summed E-state index contributed by atoms with van der Waals surface area (Å²) in [6, 6.07) is 5.80. The Balaban J connectivity index is 1.74. The molecule has 1 aliphatic rings. The lowest BCUT2D eigenvalue weighted by Crippen LogP contribution is -2.41. The van der Waals surface area contributed by atoms with Crippen LogP contribution in [0.5, 0.6) is 0 Å². The molecule has 3 N–H and O–H groups in total. The van der Waals surface area contributed by atoms with Gasteiger partial charge in [0.1, 0.15) is 0 Å². The number of aromatic amines is 1. The Kier molecular flexibility index (Phi) is 5.38. The van der Waals surface area contributed by atoms with Crippen molar-refractivity contribution in [3.63, 3.8) is 0 Å². The largest absolute Gasteiger partial charge is 0.365 e. The summed E-state index contributed by atoms with van der Waals surface area (Å²) in [5.74, 6) is -0.0229. The molecule has 0 unspecified atom stereocenters. The second-order valence-corrected chi connectivity index (χ2v) is 6.69. The van der Waals surface area contributed by atoms with Crippen molar-refractivity contribution in [2.45, 2.75) is 45.2 Å². The number of hydrogen-bond acceptors (Lipinski definition) is 4. The van der Waals surface area contributed by atoms with Crippen LogP contribution >= 0.6 is 0 Å². The second kappa shape index (κ2) is 7.70. The van der Waals surface area contributed by atoms with E-state index in [0.29, 0.717) is 0 Å². The van der Waals surface area contributed by atoms with E-state index in [1.54, 1.807) is 11.2 Å². The molecule has 0 radical (unpaired) electrons. The van der Waals surface area contributed by atoms with Crippen molar-refractivity contribution in [2.24, 2.45) is 5.73 Å². The molecule has 1 aliphatic heterocycles. The van der Waals surface area contributed by atoms with Crippen molar-refractivity contribution in [3.8, 4) is 0 Å². The summed E-state index contributed by atoms with van der Waals surface area (Å²) in [4.78, 5) is 23.9. The van der Waals surface area contributed by atoms with E-state index in [9.17, 15) is 4.79 Å². The van der Waals surface area contributed by atoms with E-state index in [-0.39, 0.29) is 5.91 Å². The third-order valence-electron chi connectivity index (χ3n) is 4.87. The fourth-order valence-electron chi connectivity index (χ4n) is 3.30. The minimum absolute atomic E-state index is 0.0229. The first-order valence-corrected chi connectivity index (χ1v) is 8.98. The van der Waals surface area contributed by atoms with E-state index in [1.165, 1.54) is 11.3 Å². The molecule has 0 saturated carbocycles. The number of likely N-dealkylation sites (N-methyl/N-ethyl adjacent to an activating group) is 1. The molecular formula is C19H27N5O. The van der Waals surface area contributed by atoms with E-state index in [0.717, 1.165) is 50.2 Å². The highest BCUT2D eigenvalue weighted by Crippen LogP contribution is 2.33. The molecule has 2 heterocycles. The van der Waals surface area contributed by atoms with E-state index < -0.39 is 6.04 Å². The predicted octanol–water partition coefficient (Wildman–Crippen LogP) is 2.45. The Morgan fingerprint density at radius 1 is 1.48 bits per heavy atom. The first kappa shape index (κ1) is 17.5. The van der Waals surface area contributed by atoms with Gasteiger partial charge < -0.3 is 20.5 Å². The third kappa shape index (κ3) is 3.85. The number of anilines is 2. The number of benzene rings is 1. The minimum Gasteiger partial charge on any atom is -0.365 e. The summed E-state index contributed by atoms with van der Waals surface area (Å²) >= 11 is 0. The molecule has 134 valence electrons. The lowest BCUT2D eigenvalue weighted by molar-refractivity contribution is -0.119. The van der Waals surface area contributed by atoms with Gasteiger partial charge in [0.15, 0.2) is 0 Å². The second-order valence-electron chi connectivity index (χ2n) is 6.69. The number of hydrogen-bond donors (Lipinski definition) is 2. The first-order valence-electron chi connectivity index (χ1n) is 8.98. The molecule has 1 atom stereocenters. The van der Waals surface area contributed by atoms with Gasteiger partial charge in [-0.05, 0) is 30.5 Å². The van der Waals surface area contributed by atoms with Crippen molar-refractivity contribution in [2.75, 3.05) is 23.4 Å². The van der Waals surface area contributed by atoms with Crippen LogP contribution in [0.1, 0.15) is 37.4 Å². The standard InChI is InChI=1S/C19H27N5O/c1-3-4-5-17(20)19(25)23(2)16-7-6-14-8-9-24(18(14)10-16)12-15-11-21-13-22-15/h6-7,10-11,13,17H,3-5,8-9,12,20H2,1-2H3,(H,21,22)/t17-/m0/s1. The molecular weight excluding hydrogens is 314 g/mol. The summed E-state index contributed by atoms with van der Waals surface area (Å²) in [5, 5.41) is 0. The summed E-state index contributed by atoms with van der Waals surface area (Å²) in [7, 11) is 1.81. The molecule has 6 nitrogen and oxygen atoms in total. The van der Waals surface area contributed by atoms with Gasteiger partial charge in [-0.2, -0.15) is 0 Å². The van der Waals surface area contributed by atoms with E-state index in [1.807, 2.05) is 19.3 Å². The lowest BCUT2D eigenvalue weighted by atomic mass is 10.1. The third-order valence-corrected chi connectivity index (χ3v) is 4.87. The van der Waals surface area contributed by atoms with Crippen molar-refractivity contribution in [3.05, 3.63) is 42.0 Å². The fourth-order valence-corrected chi connectivity index (χ4v) is 3.30. The average molecular weight is 341 g/mol. The number of aromatic nitrogens is 2. The molecule has 0 aliphatic carbocycles. The molecule has 25 heavy (non-hydrogen) atoms. The first-order chi connectivity index (χ1) is 12.1. The van der Waals surface area contributed by atoms with Gasteiger partial charge in [-0.25, -0.2) is 4.98 Å². The molecule has 0 saturated heterocycles. The van der Waals surface area contributed by atoms with Gasteiger partial charge in [-0.3, -0.25) is 4.79 Å². The van der Waals surface area contributed by atoms with Gasteiger partial charge in [0.05, 0.1) is 24.6 Å². The number of nitrogens with two attached hydrogens (primary N) is 1. The van der Waals surface area contributed by atoms with Crippen LogP contribution in [0.2, 0.25) is 0 Å². The Bertz CT molecular complexity index is 713. The van der Waals surface area contributed by atoms with Gasteiger partial charge in [-0.1, -0.05) is 25.8 Å². The molecule has 2 aromatic rings. The van der Waals surface area contributed by atoms with E-state index in [4.69, 9.17) is 5.73 Å². The number of rotatable bonds is 7. The Labute approximate surface area is 149 Å². The maximum atomic E-state index is 12.6. The van der Waals surface area contributed by atoms with E-state index in [2.05, 4.69) is 33.9 Å². The van der Waals surface area contributed by atoms with Gasteiger partial charge in [0, 0.05) is 31.2 Å². The zero-order valence-corrected chi connectivity index (χ0v) is 15.0. The quantitative estimate of drug-likeness (QED) is 0.811. The summed E-state index contributed by atoms with van der Waals surface area (Å²) in [6.45, 7) is 3.85. The van der Waals surface area contributed by atoms with Crippen LogP contribution in [0.3, 0.4) is 0 Å². The summed E-state index contributed by atoms with van der Waals surface area (Å²) < 4.78 is 0. The Morgan fingerprint density at radius 3 is 3.04 bits per heavy atom. The zero-order valence-electron chi connectivity index (χ0n) is 15.0. The van der Waals surface area contributed by atoms with Crippen LogP contribution in [-0.2, 0) is 17.8 Å². The zero-order chi connectivity index (χ0) is 17.8. The highest BCUT2D eigenvalue weighted by atomic mass is 16.2. The molecule has 6 heteroatoms. The summed E-state index contributed by atoms with van der Waals surface area (Å²) in [5.41, 5.74) is 10.5. The number of H-pyrrole nitrogens is 1. The van der Waals surface area contributed by atoms with Crippen molar-refractivity contribution >= 4 is 17.3 Å².